The van der Waals surface area contributed by atoms with Crippen LogP contribution in [0.2, 0.25) is 0 Å². The summed E-state index contributed by atoms with van der Waals surface area (Å²) < 4.78 is 1.95. The van der Waals surface area contributed by atoms with Crippen molar-refractivity contribution in [2.45, 2.75) is 46.6 Å². The molecule has 1 aliphatic heterocycles. The van der Waals surface area contributed by atoms with Crippen LogP contribution in [0.15, 0.2) is 35.0 Å². The monoisotopic (exact) mass is 324 g/mol. The summed E-state index contributed by atoms with van der Waals surface area (Å²) in [5.74, 6) is -0.0945. The van der Waals surface area contributed by atoms with Crippen molar-refractivity contribution in [2.24, 2.45) is 4.99 Å². The molecular formula is C19H24N4O. The topological polar surface area (TPSA) is 58.8 Å². The van der Waals surface area contributed by atoms with Crippen molar-refractivity contribution in [3.8, 4) is 0 Å². The van der Waals surface area contributed by atoms with Crippen molar-refractivity contribution in [2.75, 3.05) is 6.54 Å². The van der Waals surface area contributed by atoms with Gasteiger partial charge in [-0.3, -0.25) is 9.79 Å². The molecule has 0 saturated heterocycles. The summed E-state index contributed by atoms with van der Waals surface area (Å²) in [6.45, 7) is 8.90. The van der Waals surface area contributed by atoms with Crippen LogP contribution < -0.4 is 5.32 Å². The second-order valence-electron chi connectivity index (χ2n) is 6.34. The van der Waals surface area contributed by atoms with E-state index in [0.29, 0.717) is 11.2 Å². The van der Waals surface area contributed by atoms with Crippen LogP contribution in [0.5, 0.6) is 0 Å². The first-order valence-electron chi connectivity index (χ1n) is 8.49. The van der Waals surface area contributed by atoms with Crippen LogP contribution in [0, 0.1) is 13.8 Å². The molecule has 3 rings (SSSR count). The molecular weight excluding hydrogens is 300 g/mol. The van der Waals surface area contributed by atoms with E-state index in [9.17, 15) is 4.79 Å². The summed E-state index contributed by atoms with van der Waals surface area (Å²) in [4.78, 5) is 22.0. The Bertz CT molecular complexity index is 844. The molecule has 0 spiro atoms. The number of hydrogen-bond donors (Lipinski definition) is 1. The van der Waals surface area contributed by atoms with E-state index in [1.165, 1.54) is 5.57 Å². The Morgan fingerprint density at radius 1 is 1.38 bits per heavy atom. The van der Waals surface area contributed by atoms with Gasteiger partial charge in [-0.15, -0.1) is 0 Å². The summed E-state index contributed by atoms with van der Waals surface area (Å²) in [5.41, 5.74) is 5.46. The van der Waals surface area contributed by atoms with E-state index in [4.69, 9.17) is 0 Å². The highest BCUT2D eigenvalue weighted by Crippen LogP contribution is 2.16. The van der Waals surface area contributed by atoms with Gasteiger partial charge >= 0.3 is 0 Å². The minimum absolute atomic E-state index is 0.0603. The number of dihydropyridines is 1. The minimum Gasteiger partial charge on any atom is -0.344 e. The van der Waals surface area contributed by atoms with Crippen molar-refractivity contribution >= 4 is 17.3 Å². The predicted molar refractivity (Wildman–Crippen MR) is 96.9 cm³/mol. The Balaban J connectivity index is 1.89. The highest BCUT2D eigenvalue weighted by molar-refractivity contribution is 6.08. The van der Waals surface area contributed by atoms with Gasteiger partial charge in [0.15, 0.2) is 0 Å². The maximum absolute atomic E-state index is 12.8. The summed E-state index contributed by atoms with van der Waals surface area (Å²) in [7, 11) is 0. The van der Waals surface area contributed by atoms with Crippen LogP contribution in [0.1, 0.15) is 48.4 Å². The van der Waals surface area contributed by atoms with E-state index in [2.05, 4.69) is 35.2 Å². The van der Waals surface area contributed by atoms with E-state index < -0.39 is 0 Å². The average Bonchev–Trinajstić information content (AvgIpc) is 2.97. The Labute approximate surface area is 142 Å². The lowest BCUT2D eigenvalue weighted by Crippen LogP contribution is -2.41. The van der Waals surface area contributed by atoms with Crippen molar-refractivity contribution in [1.82, 2.24) is 14.7 Å². The first-order valence-corrected chi connectivity index (χ1v) is 8.49. The van der Waals surface area contributed by atoms with Gasteiger partial charge in [-0.05, 0) is 51.3 Å². The van der Waals surface area contributed by atoms with Crippen molar-refractivity contribution < 1.29 is 4.79 Å². The molecule has 0 radical (unpaired) electrons. The molecule has 3 heterocycles. The highest BCUT2D eigenvalue weighted by Gasteiger charge is 2.22. The SMILES string of the molecule is CCC(NC(=O)c1ccn2c(C)cc(C)nc12)C1=NCCC=C1C. The third-order valence-corrected chi connectivity index (χ3v) is 4.49. The lowest BCUT2D eigenvalue weighted by atomic mass is 9.99. The van der Waals surface area contributed by atoms with Crippen molar-refractivity contribution in [3.63, 3.8) is 0 Å². The molecule has 0 aromatic carbocycles. The lowest BCUT2D eigenvalue weighted by molar-refractivity contribution is 0.0948. The number of aliphatic imine (C=N–C) groups is 1. The Hall–Kier alpha value is -2.43. The fourth-order valence-corrected chi connectivity index (χ4v) is 3.25. The molecule has 2 aromatic rings. The van der Waals surface area contributed by atoms with Crippen LogP contribution >= 0.6 is 0 Å². The summed E-state index contributed by atoms with van der Waals surface area (Å²) >= 11 is 0. The second-order valence-corrected chi connectivity index (χ2v) is 6.34. The number of carbonyl (C=O) groups is 1. The molecule has 126 valence electrons. The molecule has 1 unspecified atom stereocenters. The molecule has 1 N–H and O–H groups in total. The standard InChI is InChI=1S/C19H24N4O/c1-5-16(17-12(2)7-6-9-20-17)22-19(24)15-8-10-23-14(4)11-13(3)21-18(15)23/h7-8,10-11,16H,5-6,9H2,1-4H3,(H,22,24). The van der Waals surface area contributed by atoms with E-state index >= 15 is 0 Å². The average molecular weight is 324 g/mol. The summed E-state index contributed by atoms with van der Waals surface area (Å²) in [6.07, 6.45) is 5.88. The van der Waals surface area contributed by atoms with Gasteiger partial charge in [0.05, 0.1) is 17.3 Å². The number of fused-ring (bicyclic) bond motifs is 1. The number of amides is 1. The van der Waals surface area contributed by atoms with E-state index in [1.54, 1.807) is 0 Å². The van der Waals surface area contributed by atoms with Gasteiger partial charge in [-0.1, -0.05) is 13.0 Å². The zero-order valence-electron chi connectivity index (χ0n) is 14.8. The molecule has 0 saturated carbocycles. The first kappa shape index (κ1) is 16.4. The summed E-state index contributed by atoms with van der Waals surface area (Å²) in [6, 6.07) is 3.78. The van der Waals surface area contributed by atoms with E-state index in [-0.39, 0.29) is 11.9 Å². The Kier molecular flexibility index (Phi) is 4.51. The van der Waals surface area contributed by atoms with Crippen LogP contribution in [-0.2, 0) is 0 Å². The van der Waals surface area contributed by atoms with Crippen LogP contribution in [-0.4, -0.2) is 33.6 Å². The largest absolute Gasteiger partial charge is 0.344 e. The third-order valence-electron chi connectivity index (χ3n) is 4.49. The quantitative estimate of drug-likeness (QED) is 0.938. The number of hydrogen-bond acceptors (Lipinski definition) is 3. The molecule has 24 heavy (non-hydrogen) atoms. The molecule has 1 aliphatic rings. The van der Waals surface area contributed by atoms with Gasteiger partial charge < -0.3 is 9.72 Å². The number of rotatable bonds is 4. The number of nitrogens with one attached hydrogen (secondary N) is 1. The lowest BCUT2D eigenvalue weighted by Gasteiger charge is -2.22. The fourth-order valence-electron chi connectivity index (χ4n) is 3.25. The maximum atomic E-state index is 12.8. The Morgan fingerprint density at radius 3 is 2.88 bits per heavy atom. The molecule has 1 atom stereocenters. The number of carbonyl (C=O) groups excluding carboxylic acids is 1. The first-order chi connectivity index (χ1) is 11.5. The zero-order valence-corrected chi connectivity index (χ0v) is 14.8. The fraction of sp³-hybridized carbons (Fsp3) is 0.421. The van der Waals surface area contributed by atoms with E-state index in [0.717, 1.165) is 36.5 Å². The van der Waals surface area contributed by atoms with Crippen molar-refractivity contribution in [1.29, 1.82) is 0 Å². The molecule has 5 heteroatoms. The summed E-state index contributed by atoms with van der Waals surface area (Å²) in [5, 5.41) is 3.14. The van der Waals surface area contributed by atoms with Gasteiger partial charge in [0.1, 0.15) is 5.65 Å². The van der Waals surface area contributed by atoms with Gasteiger partial charge in [0, 0.05) is 24.1 Å². The van der Waals surface area contributed by atoms with Crippen molar-refractivity contribution in [3.05, 3.63) is 46.9 Å². The number of aromatic nitrogens is 2. The molecule has 0 aliphatic carbocycles. The maximum Gasteiger partial charge on any atom is 0.255 e. The van der Waals surface area contributed by atoms with Gasteiger partial charge in [0.2, 0.25) is 0 Å². The zero-order chi connectivity index (χ0) is 17.3. The van der Waals surface area contributed by atoms with Crippen LogP contribution in [0.4, 0.5) is 0 Å². The molecule has 2 aromatic heterocycles. The molecule has 5 nitrogen and oxygen atoms in total. The van der Waals surface area contributed by atoms with E-state index in [1.807, 2.05) is 36.6 Å². The smallest absolute Gasteiger partial charge is 0.255 e. The molecule has 0 fully saturated rings. The highest BCUT2D eigenvalue weighted by atomic mass is 16.1. The van der Waals surface area contributed by atoms with Gasteiger partial charge in [-0.25, -0.2) is 4.98 Å². The molecule has 0 bridgehead atoms. The van der Waals surface area contributed by atoms with Crippen LogP contribution in [0.25, 0.3) is 5.65 Å². The second kappa shape index (κ2) is 6.59. The van der Waals surface area contributed by atoms with Gasteiger partial charge in [0.25, 0.3) is 5.91 Å². The minimum atomic E-state index is -0.0945. The normalized spacial score (nSPS) is 15.8. The van der Waals surface area contributed by atoms with Gasteiger partial charge in [-0.2, -0.15) is 0 Å². The predicted octanol–water partition coefficient (Wildman–Crippen LogP) is 3.25. The number of nitrogens with zero attached hydrogens (tertiary/aromatic N) is 3. The molecule has 1 amide bonds. The Morgan fingerprint density at radius 2 is 2.17 bits per heavy atom. The number of aryl methyl sites for hydroxylation is 2. The van der Waals surface area contributed by atoms with Crippen LogP contribution in [0.3, 0.4) is 0 Å². The third kappa shape index (κ3) is 2.98.